The lowest BCUT2D eigenvalue weighted by molar-refractivity contribution is -0.394. The van der Waals surface area contributed by atoms with Crippen LogP contribution in [0.3, 0.4) is 0 Å². The maximum Gasteiger partial charge on any atom is 0.318 e. The van der Waals surface area contributed by atoms with Gasteiger partial charge in [-0.2, -0.15) is 0 Å². The van der Waals surface area contributed by atoms with Crippen molar-refractivity contribution in [3.8, 4) is 11.5 Å². The summed E-state index contributed by atoms with van der Waals surface area (Å²) in [6.45, 7) is 4.00. The summed E-state index contributed by atoms with van der Waals surface area (Å²) < 4.78 is 7.10. The molecule has 0 atom stereocenters. The van der Waals surface area contributed by atoms with E-state index in [9.17, 15) is 20.2 Å². The molecule has 0 unspecified atom stereocenters. The minimum Gasteiger partial charge on any atom is -0.448 e. The third-order valence-corrected chi connectivity index (χ3v) is 5.49. The Bertz CT molecular complexity index is 1230. The van der Waals surface area contributed by atoms with Crippen LogP contribution in [0.25, 0.3) is 0 Å². The zero-order chi connectivity index (χ0) is 22.7. The number of rotatable bonds is 6. The van der Waals surface area contributed by atoms with Gasteiger partial charge >= 0.3 is 5.69 Å². The molecule has 0 heterocycles. The van der Waals surface area contributed by atoms with E-state index in [4.69, 9.17) is 4.74 Å². The Hall–Kier alpha value is -3.11. The number of nitro groups is 2. The first-order valence-electron chi connectivity index (χ1n) is 8.86. The second kappa shape index (κ2) is 9.36. The van der Waals surface area contributed by atoms with E-state index < -0.39 is 21.2 Å². The average molecular weight is 549 g/mol. The predicted molar refractivity (Wildman–Crippen MR) is 125 cm³/mol. The van der Waals surface area contributed by atoms with Gasteiger partial charge in [0.15, 0.2) is 5.75 Å². The fraction of sp³-hybridized carbons (Fsp3) is 0.0952. The zero-order valence-corrected chi connectivity index (χ0v) is 19.5. The molecule has 0 saturated heterocycles. The molecule has 0 aliphatic heterocycles. The highest BCUT2D eigenvalue weighted by molar-refractivity contribution is 9.11. The van der Waals surface area contributed by atoms with Gasteiger partial charge in [-0.1, -0.05) is 22.0 Å². The van der Waals surface area contributed by atoms with E-state index in [0.29, 0.717) is 10.0 Å². The van der Waals surface area contributed by atoms with Crippen LogP contribution in [-0.2, 0) is 0 Å². The SMILES string of the molecule is Cc1ccc(N=Cc2cc(Br)cc(Br)c2Oc2ccc([N+](=O)[O-])cc2[N+](=O)[O-])cc1C. The minimum absolute atomic E-state index is 0.126. The van der Waals surface area contributed by atoms with Crippen molar-refractivity contribution in [2.24, 2.45) is 4.99 Å². The number of hydrogen-bond acceptors (Lipinski definition) is 6. The zero-order valence-electron chi connectivity index (χ0n) is 16.3. The van der Waals surface area contributed by atoms with Gasteiger partial charge in [-0.15, -0.1) is 0 Å². The second-order valence-corrected chi connectivity index (χ2v) is 8.37. The normalized spacial score (nSPS) is 11.0. The van der Waals surface area contributed by atoms with Crippen molar-refractivity contribution < 1.29 is 14.6 Å². The van der Waals surface area contributed by atoms with Crippen molar-refractivity contribution in [3.05, 3.63) is 94.4 Å². The standard InChI is InChI=1S/C21H15Br2N3O5/c1-12-3-4-16(7-13(12)2)24-11-14-8-15(22)9-18(23)21(14)31-20-6-5-17(25(27)28)10-19(20)26(29)30/h3-11H,1-2H3. The molecule has 0 aliphatic carbocycles. The number of non-ortho nitro benzene ring substituents is 1. The summed E-state index contributed by atoms with van der Waals surface area (Å²) in [5.74, 6) is 0.159. The number of hydrogen-bond donors (Lipinski definition) is 0. The molecule has 0 spiro atoms. The first kappa shape index (κ1) is 22.6. The van der Waals surface area contributed by atoms with E-state index >= 15 is 0 Å². The Labute approximate surface area is 194 Å². The molecule has 10 heteroatoms. The number of halogens is 2. The van der Waals surface area contributed by atoms with E-state index in [2.05, 4.69) is 36.9 Å². The van der Waals surface area contributed by atoms with Gasteiger partial charge in [0.25, 0.3) is 5.69 Å². The lowest BCUT2D eigenvalue weighted by atomic mass is 10.1. The molecule has 3 aromatic rings. The summed E-state index contributed by atoms with van der Waals surface area (Å²) in [5, 5.41) is 22.4. The first-order chi connectivity index (χ1) is 14.7. The molecule has 31 heavy (non-hydrogen) atoms. The molecular formula is C21H15Br2N3O5. The van der Waals surface area contributed by atoms with Crippen LogP contribution >= 0.6 is 31.9 Å². The van der Waals surface area contributed by atoms with Gasteiger partial charge in [-0.05, 0) is 71.2 Å². The summed E-state index contributed by atoms with van der Waals surface area (Å²) in [5.41, 5.74) is 2.63. The van der Waals surface area contributed by atoms with Crippen LogP contribution in [0.2, 0.25) is 0 Å². The Morgan fingerprint density at radius 2 is 1.68 bits per heavy atom. The van der Waals surface area contributed by atoms with E-state index in [0.717, 1.165) is 33.4 Å². The molecule has 8 nitrogen and oxygen atoms in total. The molecule has 0 fully saturated rings. The topological polar surface area (TPSA) is 108 Å². The van der Waals surface area contributed by atoms with Gasteiger partial charge in [0.05, 0.1) is 26.1 Å². The molecule has 0 saturated carbocycles. The van der Waals surface area contributed by atoms with Crippen molar-refractivity contribution in [2.75, 3.05) is 0 Å². The van der Waals surface area contributed by atoms with Crippen LogP contribution in [0.5, 0.6) is 11.5 Å². The summed E-state index contributed by atoms with van der Waals surface area (Å²) in [4.78, 5) is 25.5. The third-order valence-electron chi connectivity index (χ3n) is 4.44. The highest BCUT2D eigenvalue weighted by Crippen LogP contribution is 2.40. The van der Waals surface area contributed by atoms with E-state index in [1.807, 2.05) is 32.0 Å². The molecule has 0 amide bonds. The van der Waals surface area contributed by atoms with Crippen molar-refractivity contribution in [2.45, 2.75) is 13.8 Å². The molecule has 3 rings (SSSR count). The quantitative estimate of drug-likeness (QED) is 0.184. The monoisotopic (exact) mass is 547 g/mol. The van der Waals surface area contributed by atoms with Gasteiger partial charge in [0.1, 0.15) is 0 Å². The van der Waals surface area contributed by atoms with E-state index in [-0.39, 0.29) is 11.5 Å². The Morgan fingerprint density at radius 1 is 0.935 bits per heavy atom. The van der Waals surface area contributed by atoms with Crippen molar-refractivity contribution in [1.82, 2.24) is 0 Å². The Morgan fingerprint density at radius 3 is 2.32 bits per heavy atom. The number of nitro benzene ring substituents is 2. The second-order valence-electron chi connectivity index (χ2n) is 6.60. The van der Waals surface area contributed by atoms with Crippen molar-refractivity contribution in [1.29, 1.82) is 0 Å². The summed E-state index contributed by atoms with van der Waals surface area (Å²) in [7, 11) is 0. The highest BCUT2D eigenvalue weighted by Gasteiger charge is 2.23. The number of aryl methyl sites for hydroxylation is 2. The number of aliphatic imine (C=N–C) groups is 1. The first-order valence-corrected chi connectivity index (χ1v) is 10.5. The molecule has 0 bridgehead atoms. The fourth-order valence-electron chi connectivity index (χ4n) is 2.69. The molecular weight excluding hydrogens is 534 g/mol. The molecule has 0 aliphatic rings. The van der Waals surface area contributed by atoms with Crippen LogP contribution in [-0.4, -0.2) is 16.1 Å². The Balaban J connectivity index is 2.04. The van der Waals surface area contributed by atoms with Gasteiger partial charge < -0.3 is 4.74 Å². The van der Waals surface area contributed by atoms with E-state index in [1.165, 1.54) is 6.07 Å². The predicted octanol–water partition coefficient (Wildman–Crippen LogP) is 7.19. The van der Waals surface area contributed by atoms with Crippen LogP contribution in [0.1, 0.15) is 16.7 Å². The molecule has 0 aromatic heterocycles. The smallest absolute Gasteiger partial charge is 0.318 e. The van der Waals surface area contributed by atoms with Gasteiger partial charge in [0.2, 0.25) is 5.75 Å². The maximum atomic E-state index is 11.4. The number of ether oxygens (including phenoxy) is 1. The molecule has 158 valence electrons. The minimum atomic E-state index is -0.724. The number of nitrogens with zero attached hydrogens (tertiary/aromatic N) is 3. The van der Waals surface area contributed by atoms with Crippen LogP contribution < -0.4 is 4.74 Å². The average Bonchev–Trinajstić information content (AvgIpc) is 2.70. The lowest BCUT2D eigenvalue weighted by Gasteiger charge is -2.12. The summed E-state index contributed by atoms with van der Waals surface area (Å²) >= 11 is 6.82. The largest absolute Gasteiger partial charge is 0.448 e. The molecule has 0 N–H and O–H groups in total. The third kappa shape index (κ3) is 5.33. The van der Waals surface area contributed by atoms with Gasteiger partial charge in [-0.3, -0.25) is 25.2 Å². The van der Waals surface area contributed by atoms with Crippen molar-refractivity contribution in [3.63, 3.8) is 0 Å². The van der Waals surface area contributed by atoms with Crippen LogP contribution in [0.15, 0.2) is 62.5 Å². The van der Waals surface area contributed by atoms with Crippen molar-refractivity contribution >= 4 is 55.1 Å². The highest BCUT2D eigenvalue weighted by atomic mass is 79.9. The Kier molecular flexibility index (Phi) is 6.81. The maximum absolute atomic E-state index is 11.4. The van der Waals surface area contributed by atoms with E-state index in [1.54, 1.807) is 18.3 Å². The van der Waals surface area contributed by atoms with Gasteiger partial charge in [0, 0.05) is 22.3 Å². The van der Waals surface area contributed by atoms with Crippen LogP contribution in [0.4, 0.5) is 17.1 Å². The van der Waals surface area contributed by atoms with Crippen LogP contribution in [0, 0.1) is 34.1 Å². The molecule has 3 aromatic carbocycles. The lowest BCUT2D eigenvalue weighted by Crippen LogP contribution is -1.98. The number of benzene rings is 3. The van der Waals surface area contributed by atoms with Gasteiger partial charge in [-0.25, -0.2) is 0 Å². The fourth-order valence-corrected chi connectivity index (χ4v) is 4.03. The summed E-state index contributed by atoms with van der Waals surface area (Å²) in [6.07, 6.45) is 1.59. The molecule has 0 radical (unpaired) electrons. The summed E-state index contributed by atoms with van der Waals surface area (Å²) in [6, 6.07) is 12.5.